The second-order valence-electron chi connectivity index (χ2n) is 8.78. The van der Waals surface area contributed by atoms with Crippen LogP contribution in [0.1, 0.15) is 70.0 Å². The van der Waals surface area contributed by atoms with E-state index >= 15 is 0 Å². The van der Waals surface area contributed by atoms with Crippen molar-refractivity contribution in [2.45, 2.75) is 65.1 Å². The lowest BCUT2D eigenvalue weighted by Crippen LogP contribution is -2.51. The molecule has 3 rings (SSSR count). The molecule has 0 radical (unpaired) electrons. The zero-order chi connectivity index (χ0) is 29.8. The first-order valence-corrected chi connectivity index (χ1v) is 10.4. The molecule has 0 aromatic heterocycles. The summed E-state index contributed by atoms with van der Waals surface area (Å²) in [7, 11) is -1.85. The standard InChI is InChI=1S/C24H38N2O4/c1-14(2)9-17-13-26-8-7-16-10-21(28-5)22(29-6)11-18(16)19(26)12-20(17)30-24(27)23(25)15(3)4/h10-11,14-15,17,19-20,23H,7-9,12-13,25H2,1-6H3/t17?,19?,20?,23-/m0/s1/i5D3,7D2,8D2,10D,11D. The van der Waals surface area contributed by atoms with Crippen molar-refractivity contribution < 1.29 is 31.3 Å². The molecule has 2 aliphatic rings. The maximum Gasteiger partial charge on any atom is 0.323 e. The summed E-state index contributed by atoms with van der Waals surface area (Å²) >= 11 is 0. The van der Waals surface area contributed by atoms with Crippen molar-refractivity contribution in [3.8, 4) is 11.5 Å². The van der Waals surface area contributed by atoms with Gasteiger partial charge in [-0.15, -0.1) is 0 Å². The van der Waals surface area contributed by atoms with Crippen molar-refractivity contribution in [2.75, 3.05) is 27.2 Å². The van der Waals surface area contributed by atoms with Gasteiger partial charge in [0.1, 0.15) is 12.1 Å². The van der Waals surface area contributed by atoms with Crippen LogP contribution < -0.4 is 15.2 Å². The Morgan fingerprint density at radius 3 is 2.70 bits per heavy atom. The Morgan fingerprint density at radius 2 is 2.07 bits per heavy atom. The molecule has 2 aliphatic heterocycles. The van der Waals surface area contributed by atoms with E-state index in [1.54, 1.807) is 13.8 Å². The van der Waals surface area contributed by atoms with Gasteiger partial charge in [-0.2, -0.15) is 0 Å². The van der Waals surface area contributed by atoms with Crippen molar-refractivity contribution in [3.63, 3.8) is 0 Å². The Bertz CT molecular complexity index is 1090. The fraction of sp³-hybridized carbons (Fsp3) is 0.708. The van der Waals surface area contributed by atoms with E-state index in [0.717, 1.165) is 0 Å². The highest BCUT2D eigenvalue weighted by molar-refractivity contribution is 5.76. The number of methoxy groups -OCH3 is 2. The molecule has 0 aliphatic carbocycles. The molecule has 4 atom stereocenters. The van der Waals surface area contributed by atoms with Gasteiger partial charge in [0, 0.05) is 36.9 Å². The number of rotatable bonds is 7. The number of carbonyl (C=O) groups excluding carboxylic acids is 1. The van der Waals surface area contributed by atoms with E-state index in [1.165, 1.54) is 12.0 Å². The molecule has 0 amide bonds. The molecule has 1 fully saturated rings. The van der Waals surface area contributed by atoms with E-state index in [9.17, 15) is 4.79 Å². The third-order valence-electron chi connectivity index (χ3n) is 5.75. The molecule has 168 valence electrons. The molecule has 2 heterocycles. The minimum Gasteiger partial charge on any atom is -0.493 e. The Labute approximate surface area is 193 Å². The van der Waals surface area contributed by atoms with E-state index in [1.807, 2.05) is 13.8 Å². The average molecular weight is 428 g/mol. The number of nitrogens with zero attached hydrogens (tertiary/aromatic N) is 1. The van der Waals surface area contributed by atoms with E-state index in [0.29, 0.717) is 6.42 Å². The van der Waals surface area contributed by atoms with Gasteiger partial charge in [-0.05, 0) is 47.8 Å². The molecular weight excluding hydrogens is 380 g/mol. The number of esters is 1. The van der Waals surface area contributed by atoms with Crippen LogP contribution in [0.5, 0.6) is 11.5 Å². The average Bonchev–Trinajstić information content (AvgIpc) is 2.79. The van der Waals surface area contributed by atoms with E-state index < -0.39 is 67.5 Å². The van der Waals surface area contributed by atoms with Crippen molar-refractivity contribution in [3.05, 3.63) is 23.2 Å². The molecule has 0 saturated carbocycles. The lowest BCUT2D eigenvalue weighted by atomic mass is 9.79. The number of hydrogen-bond donors (Lipinski definition) is 1. The van der Waals surface area contributed by atoms with Crippen LogP contribution in [-0.4, -0.2) is 50.2 Å². The van der Waals surface area contributed by atoms with Gasteiger partial charge >= 0.3 is 5.97 Å². The third-order valence-corrected chi connectivity index (χ3v) is 5.75. The smallest absolute Gasteiger partial charge is 0.323 e. The first-order chi connectivity index (χ1) is 17.8. The van der Waals surface area contributed by atoms with Crippen LogP contribution in [0.2, 0.25) is 0 Å². The fourth-order valence-electron chi connectivity index (χ4n) is 4.08. The number of nitrogens with two attached hydrogens (primary N) is 1. The molecule has 30 heavy (non-hydrogen) atoms. The lowest BCUT2D eigenvalue weighted by Gasteiger charge is -2.47. The number of piperidine rings is 1. The normalized spacial score (nSPS) is 33.1. The molecular formula is C24H38N2O4. The highest BCUT2D eigenvalue weighted by atomic mass is 16.5. The van der Waals surface area contributed by atoms with Crippen molar-refractivity contribution >= 4 is 5.97 Å². The lowest BCUT2D eigenvalue weighted by molar-refractivity contribution is -0.160. The second kappa shape index (κ2) is 9.56. The third kappa shape index (κ3) is 4.75. The van der Waals surface area contributed by atoms with Crippen LogP contribution in [-0.2, 0) is 15.9 Å². The van der Waals surface area contributed by atoms with Crippen LogP contribution in [0.4, 0.5) is 0 Å². The van der Waals surface area contributed by atoms with Gasteiger partial charge in [-0.1, -0.05) is 27.7 Å². The van der Waals surface area contributed by atoms with Gasteiger partial charge in [-0.3, -0.25) is 9.69 Å². The summed E-state index contributed by atoms with van der Waals surface area (Å²) in [4.78, 5) is 14.2. The van der Waals surface area contributed by atoms with E-state index in [4.69, 9.17) is 32.3 Å². The Balaban J connectivity index is 2.23. The zero-order valence-electron chi connectivity index (χ0n) is 27.2. The van der Waals surface area contributed by atoms with Crippen molar-refractivity contribution in [1.82, 2.24) is 4.90 Å². The van der Waals surface area contributed by atoms with Crippen LogP contribution >= 0.6 is 0 Å². The summed E-state index contributed by atoms with van der Waals surface area (Å²) in [5.41, 5.74) is 5.53. The number of hydrogen-bond acceptors (Lipinski definition) is 6. The maximum atomic E-state index is 12.9. The van der Waals surface area contributed by atoms with Gasteiger partial charge in [0.15, 0.2) is 11.5 Å². The van der Waals surface area contributed by atoms with Crippen molar-refractivity contribution in [1.29, 1.82) is 0 Å². The molecule has 6 heteroatoms. The summed E-state index contributed by atoms with van der Waals surface area (Å²) in [5.74, 6) is -1.98. The number of ether oxygens (including phenoxy) is 3. The summed E-state index contributed by atoms with van der Waals surface area (Å²) in [6.45, 7) is 4.91. The summed E-state index contributed by atoms with van der Waals surface area (Å²) in [6.07, 6.45) is -2.95. The molecule has 1 aromatic rings. The van der Waals surface area contributed by atoms with Crippen LogP contribution in [0.15, 0.2) is 12.1 Å². The minimum atomic E-state index is -3.03. The van der Waals surface area contributed by atoms with Gasteiger partial charge in [0.05, 0.1) is 21.0 Å². The first kappa shape index (κ1) is 13.6. The predicted octanol–water partition coefficient (Wildman–Crippen LogP) is 3.56. The zero-order valence-corrected chi connectivity index (χ0v) is 18.2. The Hall–Kier alpha value is -1.79. The highest BCUT2D eigenvalue weighted by Crippen LogP contribution is 2.44. The first-order valence-electron chi connectivity index (χ1n) is 14.9. The van der Waals surface area contributed by atoms with E-state index in [2.05, 4.69) is 0 Å². The van der Waals surface area contributed by atoms with Gasteiger partial charge < -0.3 is 19.9 Å². The Morgan fingerprint density at radius 1 is 1.33 bits per heavy atom. The predicted molar refractivity (Wildman–Crippen MR) is 118 cm³/mol. The van der Waals surface area contributed by atoms with Crippen LogP contribution in [0, 0.1) is 17.8 Å². The number of carbonyl (C=O) groups is 1. The van der Waals surface area contributed by atoms with Gasteiger partial charge in [0.25, 0.3) is 0 Å². The van der Waals surface area contributed by atoms with Gasteiger partial charge in [-0.25, -0.2) is 0 Å². The number of fused-ring (bicyclic) bond motifs is 3. The molecule has 2 N–H and O–H groups in total. The molecule has 6 nitrogen and oxygen atoms in total. The monoisotopic (exact) mass is 427 g/mol. The van der Waals surface area contributed by atoms with Crippen LogP contribution in [0.25, 0.3) is 0 Å². The van der Waals surface area contributed by atoms with Gasteiger partial charge in [0.2, 0.25) is 0 Å². The largest absolute Gasteiger partial charge is 0.493 e. The SMILES string of the molecule is [2H]c1c(OC)c(OC([2H])([2H])[2H])c([2H])c2c1C1CC(OC(=O)[C@@H](N)C(C)C)C(CC(C)C)CN1C([2H])([2H])C2([2H])[2H]. The van der Waals surface area contributed by atoms with Crippen LogP contribution in [0.3, 0.4) is 0 Å². The molecule has 0 spiro atoms. The molecule has 3 unspecified atom stereocenters. The highest BCUT2D eigenvalue weighted by Gasteiger charge is 2.41. The fourth-order valence-corrected chi connectivity index (χ4v) is 4.08. The molecule has 0 bridgehead atoms. The molecule has 1 saturated heterocycles. The van der Waals surface area contributed by atoms with E-state index in [-0.39, 0.29) is 42.0 Å². The second-order valence-corrected chi connectivity index (χ2v) is 8.78. The summed E-state index contributed by atoms with van der Waals surface area (Å²) < 4.78 is 91.5. The Kier molecular flexibility index (Phi) is 4.33. The van der Waals surface area contributed by atoms with Crippen molar-refractivity contribution in [2.24, 2.45) is 23.5 Å². The quantitative estimate of drug-likeness (QED) is 0.671. The number of benzene rings is 1. The maximum absolute atomic E-state index is 12.9. The molecule has 1 aromatic carbocycles. The summed E-state index contributed by atoms with van der Waals surface area (Å²) in [5, 5.41) is 0. The topological polar surface area (TPSA) is 74.0 Å². The minimum absolute atomic E-state index is 0.0183. The summed E-state index contributed by atoms with van der Waals surface area (Å²) in [6, 6.07) is -2.96.